The lowest BCUT2D eigenvalue weighted by molar-refractivity contribution is 0.207. The highest BCUT2D eigenvalue weighted by Gasteiger charge is 2.00. The molecule has 60 valence electrons. The molecule has 12 heavy (non-hydrogen) atoms. The number of hydrogen-bond acceptors (Lipinski definition) is 4. The van der Waals surface area contributed by atoms with Gasteiger partial charge in [-0.2, -0.15) is 0 Å². The van der Waals surface area contributed by atoms with Crippen molar-refractivity contribution in [2.24, 2.45) is 5.73 Å². The van der Waals surface area contributed by atoms with Crippen molar-refractivity contribution in [3.05, 3.63) is 18.0 Å². The maximum atomic E-state index is 10.2. The zero-order chi connectivity index (χ0) is 8.97. The van der Waals surface area contributed by atoms with E-state index in [4.69, 9.17) is 12.2 Å². The molecule has 1 aromatic rings. The van der Waals surface area contributed by atoms with Crippen LogP contribution in [0.2, 0.25) is 0 Å². The summed E-state index contributed by atoms with van der Waals surface area (Å²) in [7, 11) is 0. The third kappa shape index (κ3) is 1.95. The van der Waals surface area contributed by atoms with Gasteiger partial charge in [-0.15, -0.1) is 6.42 Å². The molecule has 1 rings (SSSR count). The minimum Gasteiger partial charge on any atom is -0.374 e. The van der Waals surface area contributed by atoms with Crippen molar-refractivity contribution in [2.75, 3.05) is 0 Å². The standard InChI is InChI=1S/C7H5N3O2/c1-2-5-3-9-7(10-4-5)12-6(8)11/h1,3-4H,(H2,8,11). The predicted octanol–water partition coefficient (Wildman–Crippen LogP) is -0.0846. The summed E-state index contributed by atoms with van der Waals surface area (Å²) in [4.78, 5) is 17.4. The SMILES string of the molecule is C#Cc1cnc(OC(N)=O)nc1. The Labute approximate surface area is 68.6 Å². The Morgan fingerprint density at radius 2 is 2.17 bits per heavy atom. The van der Waals surface area contributed by atoms with E-state index in [1.165, 1.54) is 12.4 Å². The van der Waals surface area contributed by atoms with Gasteiger partial charge >= 0.3 is 12.1 Å². The topological polar surface area (TPSA) is 78.1 Å². The van der Waals surface area contributed by atoms with Gasteiger partial charge in [0.1, 0.15) is 0 Å². The molecule has 2 N–H and O–H groups in total. The van der Waals surface area contributed by atoms with E-state index in [-0.39, 0.29) is 6.01 Å². The number of amides is 1. The van der Waals surface area contributed by atoms with Crippen LogP contribution >= 0.6 is 0 Å². The number of ether oxygens (including phenoxy) is 1. The third-order valence-corrected chi connectivity index (χ3v) is 0.987. The Kier molecular flexibility index (Phi) is 2.23. The molecular formula is C7H5N3O2. The van der Waals surface area contributed by atoms with Gasteiger partial charge in [-0.1, -0.05) is 5.92 Å². The van der Waals surface area contributed by atoms with Crippen LogP contribution in [0, 0.1) is 12.3 Å². The van der Waals surface area contributed by atoms with Crippen molar-refractivity contribution in [2.45, 2.75) is 0 Å². The first kappa shape index (κ1) is 8.01. The van der Waals surface area contributed by atoms with Gasteiger partial charge in [0.15, 0.2) is 0 Å². The maximum absolute atomic E-state index is 10.2. The molecule has 0 bridgehead atoms. The third-order valence-electron chi connectivity index (χ3n) is 0.987. The largest absolute Gasteiger partial charge is 0.412 e. The van der Waals surface area contributed by atoms with Crippen LogP contribution in [0.1, 0.15) is 5.56 Å². The molecule has 0 aliphatic carbocycles. The number of carbonyl (C=O) groups excluding carboxylic acids is 1. The fourth-order valence-electron chi connectivity index (χ4n) is 0.533. The second kappa shape index (κ2) is 3.34. The number of hydrogen-bond donors (Lipinski definition) is 1. The van der Waals surface area contributed by atoms with E-state index in [9.17, 15) is 4.79 Å². The molecule has 1 amide bonds. The van der Waals surface area contributed by atoms with Gasteiger partial charge in [0, 0.05) is 12.4 Å². The Bertz CT molecular complexity index is 325. The molecule has 5 heteroatoms. The summed E-state index contributed by atoms with van der Waals surface area (Å²) in [6.45, 7) is 0. The van der Waals surface area contributed by atoms with E-state index < -0.39 is 6.09 Å². The van der Waals surface area contributed by atoms with Gasteiger partial charge in [0.25, 0.3) is 0 Å². The molecule has 1 aromatic heterocycles. The highest BCUT2D eigenvalue weighted by atomic mass is 16.6. The molecule has 0 atom stereocenters. The monoisotopic (exact) mass is 163 g/mol. The van der Waals surface area contributed by atoms with Gasteiger partial charge in [0.05, 0.1) is 5.56 Å². The second-order valence-corrected chi connectivity index (χ2v) is 1.82. The number of aromatic nitrogens is 2. The molecule has 0 radical (unpaired) electrons. The molecule has 0 fully saturated rings. The van der Waals surface area contributed by atoms with Crippen molar-refractivity contribution in [3.8, 4) is 18.4 Å². The molecule has 0 unspecified atom stereocenters. The first-order valence-corrected chi connectivity index (χ1v) is 2.98. The summed E-state index contributed by atoms with van der Waals surface area (Å²) < 4.78 is 4.36. The lowest BCUT2D eigenvalue weighted by atomic mass is 10.4. The second-order valence-electron chi connectivity index (χ2n) is 1.82. The number of carbonyl (C=O) groups is 1. The van der Waals surface area contributed by atoms with E-state index in [1.54, 1.807) is 0 Å². The average Bonchev–Trinajstić information content (AvgIpc) is 2.05. The van der Waals surface area contributed by atoms with Crippen molar-refractivity contribution in [1.29, 1.82) is 0 Å². The zero-order valence-corrected chi connectivity index (χ0v) is 6.02. The van der Waals surface area contributed by atoms with E-state index in [0.717, 1.165) is 0 Å². The number of rotatable bonds is 1. The normalized spacial score (nSPS) is 8.58. The highest BCUT2D eigenvalue weighted by molar-refractivity contribution is 5.66. The summed E-state index contributed by atoms with van der Waals surface area (Å²) in [6.07, 6.45) is 6.79. The van der Waals surface area contributed by atoms with E-state index in [1.807, 2.05) is 0 Å². The van der Waals surface area contributed by atoms with Crippen LogP contribution < -0.4 is 10.5 Å². The Morgan fingerprint density at radius 3 is 2.58 bits per heavy atom. The molecule has 1 heterocycles. The van der Waals surface area contributed by atoms with Crippen LogP contribution in [0.4, 0.5) is 4.79 Å². The predicted molar refractivity (Wildman–Crippen MR) is 40.2 cm³/mol. The average molecular weight is 163 g/mol. The highest BCUT2D eigenvalue weighted by Crippen LogP contribution is 2.00. The Morgan fingerprint density at radius 1 is 1.58 bits per heavy atom. The quantitative estimate of drug-likeness (QED) is 0.587. The Balaban J connectivity index is 2.80. The summed E-state index contributed by atoms with van der Waals surface area (Å²) in [5.41, 5.74) is 5.22. The van der Waals surface area contributed by atoms with Gasteiger partial charge in [-0.25, -0.2) is 14.8 Å². The van der Waals surface area contributed by atoms with Gasteiger partial charge < -0.3 is 10.5 Å². The number of nitrogens with two attached hydrogens (primary N) is 1. The van der Waals surface area contributed by atoms with Crippen LogP contribution in [-0.2, 0) is 0 Å². The molecule has 0 aromatic carbocycles. The molecule has 0 saturated heterocycles. The number of nitrogens with zero attached hydrogens (tertiary/aromatic N) is 2. The number of primary amides is 1. The summed E-state index contributed by atoms with van der Waals surface area (Å²) >= 11 is 0. The summed E-state index contributed by atoms with van der Waals surface area (Å²) in [5, 5.41) is 0. The molecular weight excluding hydrogens is 158 g/mol. The fraction of sp³-hybridized carbons (Fsp3) is 0. The van der Waals surface area contributed by atoms with Crippen molar-refractivity contribution in [3.63, 3.8) is 0 Å². The molecule has 0 aliphatic heterocycles. The van der Waals surface area contributed by atoms with Crippen molar-refractivity contribution in [1.82, 2.24) is 9.97 Å². The zero-order valence-electron chi connectivity index (χ0n) is 6.02. The van der Waals surface area contributed by atoms with Gasteiger partial charge in [-0.3, -0.25) is 0 Å². The van der Waals surface area contributed by atoms with Crippen molar-refractivity contribution >= 4 is 6.09 Å². The summed E-state index contributed by atoms with van der Waals surface area (Å²) in [5.74, 6) is 2.31. The van der Waals surface area contributed by atoms with Crippen LogP contribution in [0.3, 0.4) is 0 Å². The molecule has 5 nitrogen and oxygen atoms in total. The van der Waals surface area contributed by atoms with Crippen molar-refractivity contribution < 1.29 is 9.53 Å². The first-order chi connectivity index (χ1) is 5.72. The van der Waals surface area contributed by atoms with Crippen LogP contribution in [0.15, 0.2) is 12.4 Å². The lowest BCUT2D eigenvalue weighted by Gasteiger charge is -1.96. The van der Waals surface area contributed by atoms with E-state index >= 15 is 0 Å². The van der Waals surface area contributed by atoms with Crippen LogP contribution in [0.25, 0.3) is 0 Å². The number of terminal acetylenes is 1. The first-order valence-electron chi connectivity index (χ1n) is 2.98. The lowest BCUT2D eigenvalue weighted by Crippen LogP contribution is -2.17. The smallest absolute Gasteiger partial charge is 0.374 e. The van der Waals surface area contributed by atoms with Gasteiger partial charge in [0.2, 0.25) is 0 Å². The fourth-order valence-corrected chi connectivity index (χ4v) is 0.533. The molecule has 0 aliphatic rings. The van der Waals surface area contributed by atoms with E-state index in [2.05, 4.69) is 20.6 Å². The maximum Gasteiger partial charge on any atom is 0.412 e. The summed E-state index contributed by atoms with van der Waals surface area (Å²) in [6, 6.07) is -0.110. The minimum absolute atomic E-state index is 0.110. The van der Waals surface area contributed by atoms with Gasteiger partial charge in [-0.05, 0) is 0 Å². The Hall–Kier alpha value is -2.09. The van der Waals surface area contributed by atoms with Crippen LogP contribution in [-0.4, -0.2) is 16.1 Å². The minimum atomic E-state index is -0.955. The van der Waals surface area contributed by atoms with E-state index in [0.29, 0.717) is 5.56 Å². The van der Waals surface area contributed by atoms with Crippen LogP contribution in [0.5, 0.6) is 6.01 Å². The molecule has 0 saturated carbocycles. The molecule has 0 spiro atoms.